The van der Waals surface area contributed by atoms with Gasteiger partial charge in [-0.2, -0.15) is 0 Å². The minimum atomic E-state index is -4.54. The number of phosphoric acid groups is 1. The molecule has 0 spiro atoms. The van der Waals surface area contributed by atoms with Crippen molar-refractivity contribution in [1.82, 2.24) is 5.32 Å². The van der Waals surface area contributed by atoms with Gasteiger partial charge in [-0.3, -0.25) is 9.36 Å². The van der Waals surface area contributed by atoms with E-state index >= 15 is 0 Å². The number of nitrogens with zero attached hydrogens (tertiary/aromatic N) is 1. The van der Waals surface area contributed by atoms with Gasteiger partial charge in [0, 0.05) is 6.42 Å². The summed E-state index contributed by atoms with van der Waals surface area (Å²) in [6.45, 7) is 4.63. The summed E-state index contributed by atoms with van der Waals surface area (Å²) in [4.78, 5) is 25.1. The monoisotopic (exact) mass is 929 g/mol. The lowest BCUT2D eigenvalue weighted by atomic mass is 10.0. The molecule has 3 atom stereocenters. The Morgan fingerprint density at radius 1 is 0.484 bits per heavy atom. The van der Waals surface area contributed by atoms with Crippen molar-refractivity contribution in [2.24, 2.45) is 0 Å². The molecule has 0 radical (unpaired) electrons. The summed E-state index contributed by atoms with van der Waals surface area (Å²) < 4.78 is 23.1. The second-order valence-electron chi connectivity index (χ2n) is 21.0. The van der Waals surface area contributed by atoms with Gasteiger partial charge in [0.05, 0.1) is 39.9 Å². The number of likely N-dealkylation sites (N-methyl/N-ethyl adjacent to an activating group) is 1. The average Bonchev–Trinajstić information content (AvgIpc) is 3.25. The van der Waals surface area contributed by atoms with Crippen LogP contribution in [0.3, 0.4) is 0 Å². The summed E-state index contributed by atoms with van der Waals surface area (Å²) in [5.41, 5.74) is 0. The van der Waals surface area contributed by atoms with Gasteiger partial charge in [0.15, 0.2) is 0 Å². The van der Waals surface area contributed by atoms with Crippen LogP contribution in [-0.2, 0) is 18.4 Å². The molecule has 384 valence electrons. The SMILES string of the molecule is CCCCCCCCCCCCCCCCCCCCCCCCCCCCCCCCCCCCCCCCC(=O)NC(COP(=O)([O-])OCC[N+](C)(C)C)C(O)CCCCCC. The zero-order valence-electron chi connectivity index (χ0n) is 43.8. The van der Waals surface area contributed by atoms with Crippen molar-refractivity contribution < 1.29 is 32.9 Å². The summed E-state index contributed by atoms with van der Waals surface area (Å²) in [5.74, 6) is -0.167. The van der Waals surface area contributed by atoms with Crippen molar-refractivity contribution in [3.8, 4) is 0 Å². The number of hydrogen-bond donors (Lipinski definition) is 2. The van der Waals surface area contributed by atoms with Gasteiger partial charge in [-0.05, 0) is 12.8 Å². The molecule has 0 rings (SSSR count). The molecule has 64 heavy (non-hydrogen) atoms. The third kappa shape index (κ3) is 49.4. The molecule has 0 aliphatic carbocycles. The third-order valence-electron chi connectivity index (χ3n) is 13.3. The number of quaternary nitrogens is 1. The number of phosphoric ester groups is 1. The first-order valence-electron chi connectivity index (χ1n) is 28.4. The molecular formula is C55H113N2O6P. The second kappa shape index (κ2) is 47.6. The molecule has 0 saturated heterocycles. The van der Waals surface area contributed by atoms with E-state index in [9.17, 15) is 19.4 Å². The van der Waals surface area contributed by atoms with E-state index in [4.69, 9.17) is 9.05 Å². The molecule has 0 aliphatic heterocycles. The van der Waals surface area contributed by atoms with Gasteiger partial charge >= 0.3 is 0 Å². The van der Waals surface area contributed by atoms with E-state index in [1.807, 2.05) is 21.1 Å². The standard InChI is InChI=1S/C55H113N2O6P/c1-6-8-10-12-13-14-15-16-17-18-19-20-21-22-23-24-25-26-27-28-29-30-31-32-33-34-35-36-37-38-39-40-41-42-43-44-45-47-49-55(59)56-53(54(58)48-46-11-9-7-2)52-63-64(60,61)62-51-50-57(3,4)5/h53-54,58H,6-52H2,1-5H3,(H-,56,59,60,61). The van der Waals surface area contributed by atoms with E-state index in [1.165, 1.54) is 225 Å². The number of aliphatic hydroxyl groups is 1. The Morgan fingerprint density at radius 2 is 0.766 bits per heavy atom. The number of unbranched alkanes of at least 4 members (excludes halogenated alkanes) is 40. The van der Waals surface area contributed by atoms with Crippen molar-refractivity contribution in [2.75, 3.05) is 40.9 Å². The van der Waals surface area contributed by atoms with E-state index in [-0.39, 0.29) is 19.1 Å². The van der Waals surface area contributed by atoms with Crippen LogP contribution in [-0.4, -0.2) is 68.5 Å². The highest BCUT2D eigenvalue weighted by Crippen LogP contribution is 2.38. The summed E-state index contributed by atoms with van der Waals surface area (Å²) in [5, 5.41) is 13.7. The van der Waals surface area contributed by atoms with Crippen LogP contribution in [0.15, 0.2) is 0 Å². The number of nitrogens with one attached hydrogen (secondary N) is 1. The summed E-state index contributed by atoms with van der Waals surface area (Å²) >= 11 is 0. The highest BCUT2D eigenvalue weighted by molar-refractivity contribution is 7.45. The molecule has 0 aromatic rings. The highest BCUT2D eigenvalue weighted by Gasteiger charge is 2.24. The Kier molecular flexibility index (Phi) is 47.2. The minimum absolute atomic E-state index is 0.0145. The van der Waals surface area contributed by atoms with Crippen LogP contribution in [0.2, 0.25) is 0 Å². The van der Waals surface area contributed by atoms with Crippen LogP contribution in [0.25, 0.3) is 0 Å². The molecule has 8 nitrogen and oxygen atoms in total. The first-order valence-corrected chi connectivity index (χ1v) is 29.8. The number of carbonyl (C=O) groups excluding carboxylic acids is 1. The number of hydrogen-bond acceptors (Lipinski definition) is 6. The predicted octanol–water partition coefficient (Wildman–Crippen LogP) is 16.2. The topological polar surface area (TPSA) is 108 Å². The summed E-state index contributed by atoms with van der Waals surface area (Å²) in [6.07, 6.45) is 56.8. The quantitative estimate of drug-likeness (QED) is 0.0357. The number of carbonyl (C=O) groups is 1. The van der Waals surface area contributed by atoms with Gasteiger partial charge in [-0.25, -0.2) is 0 Å². The molecule has 1 amide bonds. The van der Waals surface area contributed by atoms with Crippen LogP contribution < -0.4 is 10.2 Å². The predicted molar refractivity (Wildman–Crippen MR) is 275 cm³/mol. The molecule has 0 aromatic heterocycles. The molecule has 0 fully saturated rings. The van der Waals surface area contributed by atoms with Gasteiger partial charge in [0.2, 0.25) is 5.91 Å². The fourth-order valence-corrected chi connectivity index (χ4v) is 9.59. The van der Waals surface area contributed by atoms with E-state index in [2.05, 4.69) is 19.2 Å². The molecule has 0 saturated carbocycles. The van der Waals surface area contributed by atoms with Gasteiger partial charge in [0.1, 0.15) is 13.2 Å². The van der Waals surface area contributed by atoms with Crippen molar-refractivity contribution in [3.63, 3.8) is 0 Å². The number of amides is 1. The van der Waals surface area contributed by atoms with E-state index in [1.54, 1.807) is 0 Å². The van der Waals surface area contributed by atoms with E-state index in [0.29, 0.717) is 23.9 Å². The molecule has 0 aromatic carbocycles. The highest BCUT2D eigenvalue weighted by atomic mass is 31.2. The molecule has 0 aliphatic rings. The largest absolute Gasteiger partial charge is 0.756 e. The Hall–Kier alpha value is -0.500. The number of aliphatic hydroxyl groups excluding tert-OH is 1. The Morgan fingerprint density at radius 3 is 1.06 bits per heavy atom. The van der Waals surface area contributed by atoms with Crippen LogP contribution in [0.1, 0.15) is 296 Å². The molecule has 0 bridgehead atoms. The van der Waals surface area contributed by atoms with Crippen LogP contribution in [0.5, 0.6) is 0 Å². The minimum Gasteiger partial charge on any atom is -0.756 e. The fraction of sp³-hybridized carbons (Fsp3) is 0.982. The van der Waals surface area contributed by atoms with E-state index < -0.39 is 20.0 Å². The Labute approximate surface area is 399 Å². The van der Waals surface area contributed by atoms with Crippen LogP contribution >= 0.6 is 7.82 Å². The molecule has 0 heterocycles. The molecule has 2 N–H and O–H groups in total. The van der Waals surface area contributed by atoms with Crippen LogP contribution in [0, 0.1) is 0 Å². The van der Waals surface area contributed by atoms with Gasteiger partial charge in [0.25, 0.3) is 7.82 Å². The molecule has 9 heteroatoms. The normalized spacial score (nSPS) is 13.9. The number of rotatable bonds is 53. The second-order valence-corrected chi connectivity index (χ2v) is 22.4. The first-order chi connectivity index (χ1) is 31.0. The Bertz CT molecular complexity index is 1010. The Balaban J connectivity index is 3.59. The zero-order valence-corrected chi connectivity index (χ0v) is 44.7. The van der Waals surface area contributed by atoms with Crippen molar-refractivity contribution >= 4 is 13.7 Å². The van der Waals surface area contributed by atoms with Crippen molar-refractivity contribution in [3.05, 3.63) is 0 Å². The summed E-state index contributed by atoms with van der Waals surface area (Å²) in [6, 6.07) is -0.791. The first kappa shape index (κ1) is 63.5. The van der Waals surface area contributed by atoms with Crippen LogP contribution in [0.4, 0.5) is 0 Å². The lowest BCUT2D eigenvalue weighted by Crippen LogP contribution is -2.46. The fourth-order valence-electron chi connectivity index (χ4n) is 8.87. The van der Waals surface area contributed by atoms with Crippen molar-refractivity contribution in [2.45, 2.75) is 309 Å². The lowest BCUT2D eigenvalue weighted by Gasteiger charge is -2.30. The third-order valence-corrected chi connectivity index (χ3v) is 14.3. The van der Waals surface area contributed by atoms with Gasteiger partial charge in [-0.1, -0.05) is 277 Å². The lowest BCUT2D eigenvalue weighted by molar-refractivity contribution is -0.870. The van der Waals surface area contributed by atoms with Gasteiger partial charge < -0.3 is 28.8 Å². The van der Waals surface area contributed by atoms with E-state index in [0.717, 1.165) is 44.9 Å². The smallest absolute Gasteiger partial charge is 0.268 e. The average molecular weight is 929 g/mol. The molecule has 3 unspecified atom stereocenters. The zero-order chi connectivity index (χ0) is 47.1. The maximum absolute atomic E-state index is 12.8. The van der Waals surface area contributed by atoms with Gasteiger partial charge in [-0.15, -0.1) is 0 Å². The molecular weight excluding hydrogens is 816 g/mol. The van der Waals surface area contributed by atoms with Crippen molar-refractivity contribution in [1.29, 1.82) is 0 Å². The summed E-state index contributed by atoms with van der Waals surface area (Å²) in [7, 11) is 1.31. The maximum Gasteiger partial charge on any atom is 0.268 e. The maximum atomic E-state index is 12.8.